The highest BCUT2D eigenvalue weighted by atomic mass is 79.9. The molecule has 0 saturated carbocycles. The number of aromatic nitrogens is 2. The van der Waals surface area contributed by atoms with Crippen molar-refractivity contribution in [3.05, 3.63) is 50.9 Å². The van der Waals surface area contributed by atoms with E-state index < -0.39 is 0 Å². The van der Waals surface area contributed by atoms with Crippen molar-refractivity contribution in [2.45, 2.75) is 6.54 Å². The standard InChI is InChI=1S/C15H13Br2N3O/c1-20-13-5-3-2-4-12(13)19-15(20)18-8-9-6-10(16)7-11(17)14(9)21/h2-7H,8H2,1H3,(H2,18,19,21). The number of hydrogen-bond donors (Lipinski definition) is 2. The third-order valence-corrected chi connectivity index (χ3v) is 4.43. The summed E-state index contributed by atoms with van der Waals surface area (Å²) in [6, 6.07) is 11.7. The molecule has 0 fully saturated rings. The van der Waals surface area contributed by atoms with Gasteiger partial charge in [0, 0.05) is 8.95 Å². The first-order valence-electron chi connectivity index (χ1n) is 6.42. The van der Waals surface area contributed by atoms with Crippen LogP contribution >= 0.6 is 31.9 Å². The van der Waals surface area contributed by atoms with Crippen LogP contribution in [0.4, 0.5) is 5.95 Å². The van der Waals surface area contributed by atoms with Crippen molar-refractivity contribution in [3.8, 4) is 5.75 Å². The molecule has 3 rings (SSSR count). The maximum atomic E-state index is 12.1. The van der Waals surface area contributed by atoms with Crippen molar-refractivity contribution in [1.29, 1.82) is 0 Å². The van der Waals surface area contributed by atoms with Crippen LogP contribution in [0.1, 0.15) is 5.56 Å². The van der Waals surface area contributed by atoms with E-state index in [1.165, 1.54) is 0 Å². The van der Waals surface area contributed by atoms with Crippen molar-refractivity contribution in [1.82, 2.24) is 4.98 Å². The zero-order chi connectivity index (χ0) is 15.0. The lowest BCUT2D eigenvalue weighted by molar-refractivity contribution is -0.630. The zero-order valence-electron chi connectivity index (χ0n) is 11.3. The minimum Gasteiger partial charge on any atom is -0.871 e. The number of H-pyrrole nitrogens is 1. The number of aryl methyl sites for hydroxylation is 1. The van der Waals surface area contributed by atoms with Crippen molar-refractivity contribution < 1.29 is 9.67 Å². The Morgan fingerprint density at radius 1 is 1.24 bits per heavy atom. The summed E-state index contributed by atoms with van der Waals surface area (Å²) in [5.74, 6) is 0.871. The zero-order valence-corrected chi connectivity index (χ0v) is 14.5. The lowest BCUT2D eigenvalue weighted by atomic mass is 10.2. The summed E-state index contributed by atoms with van der Waals surface area (Å²) >= 11 is 6.69. The first kappa shape index (κ1) is 14.4. The van der Waals surface area contributed by atoms with Crippen molar-refractivity contribution >= 4 is 48.8 Å². The van der Waals surface area contributed by atoms with E-state index in [-0.39, 0.29) is 5.75 Å². The maximum Gasteiger partial charge on any atom is 0.356 e. The Hall–Kier alpha value is -1.53. The number of anilines is 1. The molecule has 0 bridgehead atoms. The molecule has 0 unspecified atom stereocenters. The maximum absolute atomic E-state index is 12.1. The summed E-state index contributed by atoms with van der Waals surface area (Å²) < 4.78 is 3.48. The lowest BCUT2D eigenvalue weighted by Crippen LogP contribution is -2.30. The molecule has 4 nitrogen and oxygen atoms in total. The van der Waals surface area contributed by atoms with Gasteiger partial charge in [-0.3, -0.25) is 5.32 Å². The van der Waals surface area contributed by atoms with Crippen LogP contribution in [-0.2, 0) is 13.6 Å². The van der Waals surface area contributed by atoms with E-state index in [9.17, 15) is 5.11 Å². The van der Waals surface area contributed by atoms with Gasteiger partial charge >= 0.3 is 5.95 Å². The molecule has 0 aliphatic carbocycles. The molecule has 2 N–H and O–H groups in total. The predicted molar refractivity (Wildman–Crippen MR) is 88.1 cm³/mol. The average molecular weight is 411 g/mol. The Labute approximate surface area is 139 Å². The van der Waals surface area contributed by atoms with E-state index in [1.807, 2.05) is 41.9 Å². The molecule has 108 valence electrons. The van der Waals surface area contributed by atoms with Gasteiger partial charge < -0.3 is 5.11 Å². The molecule has 0 amide bonds. The lowest BCUT2D eigenvalue weighted by Gasteiger charge is -2.15. The average Bonchev–Trinajstić information content (AvgIpc) is 2.78. The van der Waals surface area contributed by atoms with Crippen molar-refractivity contribution in [3.63, 3.8) is 0 Å². The van der Waals surface area contributed by atoms with Gasteiger partial charge in [-0.2, -0.15) is 0 Å². The Morgan fingerprint density at radius 3 is 2.76 bits per heavy atom. The second-order valence-electron chi connectivity index (χ2n) is 4.78. The number of imidazole rings is 1. The number of para-hydroxylation sites is 2. The highest BCUT2D eigenvalue weighted by molar-refractivity contribution is 9.11. The molecule has 0 spiro atoms. The monoisotopic (exact) mass is 409 g/mol. The number of nitrogens with zero attached hydrogens (tertiary/aromatic N) is 1. The summed E-state index contributed by atoms with van der Waals surface area (Å²) in [4.78, 5) is 3.31. The fourth-order valence-electron chi connectivity index (χ4n) is 2.29. The van der Waals surface area contributed by atoms with Gasteiger partial charge in [-0.25, -0.2) is 9.55 Å². The topological polar surface area (TPSA) is 54.8 Å². The van der Waals surface area contributed by atoms with Gasteiger partial charge in [-0.1, -0.05) is 49.7 Å². The first-order chi connectivity index (χ1) is 10.1. The molecule has 6 heteroatoms. The van der Waals surface area contributed by atoms with E-state index in [2.05, 4.69) is 42.2 Å². The molecular weight excluding hydrogens is 398 g/mol. The highest BCUT2D eigenvalue weighted by Crippen LogP contribution is 2.29. The Morgan fingerprint density at radius 2 is 2.00 bits per heavy atom. The molecule has 3 aromatic rings. The van der Waals surface area contributed by atoms with Gasteiger partial charge in [0.25, 0.3) is 0 Å². The molecule has 2 aromatic carbocycles. The normalized spacial score (nSPS) is 11.0. The second-order valence-corrected chi connectivity index (χ2v) is 6.55. The van der Waals surface area contributed by atoms with Gasteiger partial charge in [-0.15, -0.1) is 0 Å². The van der Waals surface area contributed by atoms with Crippen LogP contribution < -0.4 is 15.0 Å². The minimum absolute atomic E-state index is 0.00413. The van der Waals surface area contributed by atoms with E-state index >= 15 is 0 Å². The second kappa shape index (κ2) is 5.69. The third-order valence-electron chi connectivity index (χ3n) is 3.39. The van der Waals surface area contributed by atoms with E-state index in [4.69, 9.17) is 0 Å². The fraction of sp³-hybridized carbons (Fsp3) is 0.133. The van der Waals surface area contributed by atoms with E-state index in [0.29, 0.717) is 16.6 Å². The first-order valence-corrected chi connectivity index (χ1v) is 8.00. The summed E-state index contributed by atoms with van der Waals surface area (Å²) in [5, 5.41) is 15.4. The largest absolute Gasteiger partial charge is 0.871 e. The SMILES string of the molecule is C[n+]1c(NCc2cc(Br)cc(Br)c2[O-])[nH]c2ccccc21. The van der Waals surface area contributed by atoms with Crippen molar-refractivity contribution in [2.75, 3.05) is 5.32 Å². The molecule has 0 aliphatic heterocycles. The number of aromatic amines is 1. The van der Waals surface area contributed by atoms with Crippen LogP contribution in [0.2, 0.25) is 0 Å². The number of benzene rings is 2. The van der Waals surface area contributed by atoms with Gasteiger partial charge in [0.2, 0.25) is 0 Å². The number of rotatable bonds is 3. The highest BCUT2D eigenvalue weighted by Gasteiger charge is 2.13. The number of hydrogen-bond acceptors (Lipinski definition) is 2. The van der Waals surface area contributed by atoms with Crippen LogP contribution in [-0.4, -0.2) is 4.98 Å². The molecule has 0 atom stereocenters. The number of halogens is 2. The van der Waals surface area contributed by atoms with Gasteiger partial charge in [-0.05, 0) is 29.8 Å². The quantitative estimate of drug-likeness (QED) is 0.651. The summed E-state index contributed by atoms with van der Waals surface area (Å²) in [6.45, 7) is 0.456. The van der Waals surface area contributed by atoms with Crippen LogP contribution in [0.15, 0.2) is 45.3 Å². The summed E-state index contributed by atoms with van der Waals surface area (Å²) in [6.07, 6.45) is 0. The molecule has 0 saturated heterocycles. The van der Waals surface area contributed by atoms with Crippen LogP contribution in [0, 0.1) is 0 Å². The Balaban J connectivity index is 1.89. The Bertz CT molecular complexity index is 814. The summed E-state index contributed by atoms with van der Waals surface area (Å²) in [7, 11) is 1.98. The molecule has 0 radical (unpaired) electrons. The van der Waals surface area contributed by atoms with Crippen LogP contribution in [0.5, 0.6) is 5.75 Å². The smallest absolute Gasteiger partial charge is 0.356 e. The van der Waals surface area contributed by atoms with Gasteiger partial charge in [0.15, 0.2) is 0 Å². The Kier molecular flexibility index (Phi) is 3.91. The molecule has 1 aromatic heterocycles. The molecule has 0 aliphatic rings. The number of nitrogens with one attached hydrogen (secondary N) is 2. The number of fused-ring (bicyclic) bond motifs is 1. The molecule has 21 heavy (non-hydrogen) atoms. The minimum atomic E-state index is 0.00413. The fourth-order valence-corrected chi connectivity index (χ4v) is 3.60. The predicted octanol–water partition coefficient (Wildman–Crippen LogP) is 3.20. The summed E-state index contributed by atoms with van der Waals surface area (Å²) in [5.41, 5.74) is 2.87. The van der Waals surface area contributed by atoms with Crippen LogP contribution in [0.25, 0.3) is 11.0 Å². The van der Waals surface area contributed by atoms with Gasteiger partial charge in [0.1, 0.15) is 11.0 Å². The van der Waals surface area contributed by atoms with Crippen LogP contribution in [0.3, 0.4) is 0 Å². The van der Waals surface area contributed by atoms with Gasteiger partial charge in [0.05, 0.1) is 13.6 Å². The van der Waals surface area contributed by atoms with E-state index in [1.54, 1.807) is 6.07 Å². The van der Waals surface area contributed by atoms with E-state index in [0.717, 1.165) is 21.5 Å². The molecule has 1 heterocycles. The van der Waals surface area contributed by atoms with Crippen molar-refractivity contribution in [2.24, 2.45) is 7.05 Å². The molecular formula is C15H13Br2N3O. The third kappa shape index (κ3) is 2.78.